The van der Waals surface area contributed by atoms with Crippen LogP contribution in [0.5, 0.6) is 0 Å². The van der Waals surface area contributed by atoms with Gasteiger partial charge >= 0.3 is 0 Å². The summed E-state index contributed by atoms with van der Waals surface area (Å²) in [5, 5.41) is 0. The molecule has 5 rings (SSSR count). The van der Waals surface area contributed by atoms with Crippen LogP contribution in [0.25, 0.3) is 0 Å². The van der Waals surface area contributed by atoms with E-state index in [4.69, 9.17) is 0 Å². The number of carbonyl (C=O) groups excluding carboxylic acids is 2. The number of hydrogen-bond acceptors (Lipinski definition) is 3. The molecule has 7 heteroatoms. The number of piperidine rings is 1. The Balaban J connectivity index is 1.31. The Morgan fingerprint density at radius 3 is 2.06 bits per heavy atom. The van der Waals surface area contributed by atoms with Crippen LogP contribution in [0.1, 0.15) is 34.8 Å². The summed E-state index contributed by atoms with van der Waals surface area (Å²) < 4.78 is 28.7. The fourth-order valence-electron chi connectivity index (χ4n) is 5.34. The van der Waals surface area contributed by atoms with Gasteiger partial charge in [0.05, 0.1) is 23.2 Å². The minimum atomic E-state index is -0.563. The van der Waals surface area contributed by atoms with Crippen molar-refractivity contribution >= 4 is 17.5 Å². The summed E-state index contributed by atoms with van der Waals surface area (Å²) >= 11 is 0. The first kappa shape index (κ1) is 24.0. The lowest BCUT2D eigenvalue weighted by molar-refractivity contribution is -0.137. The first-order valence-corrected chi connectivity index (χ1v) is 12.4. The van der Waals surface area contributed by atoms with Crippen molar-refractivity contribution < 1.29 is 18.4 Å². The van der Waals surface area contributed by atoms with Gasteiger partial charge in [0.2, 0.25) is 5.91 Å². The average molecular weight is 490 g/mol. The van der Waals surface area contributed by atoms with Crippen molar-refractivity contribution in [3.63, 3.8) is 0 Å². The second-order valence-electron chi connectivity index (χ2n) is 9.40. The van der Waals surface area contributed by atoms with Gasteiger partial charge in [-0.2, -0.15) is 0 Å². The lowest BCUT2D eigenvalue weighted by atomic mass is 9.87. The van der Waals surface area contributed by atoms with Gasteiger partial charge in [-0.3, -0.25) is 9.59 Å². The van der Waals surface area contributed by atoms with E-state index in [1.165, 1.54) is 18.2 Å². The third-order valence-corrected chi connectivity index (χ3v) is 7.27. The number of carbonyl (C=O) groups is 2. The first-order valence-electron chi connectivity index (χ1n) is 12.4. The van der Waals surface area contributed by atoms with E-state index in [-0.39, 0.29) is 35.8 Å². The van der Waals surface area contributed by atoms with Crippen LogP contribution >= 0.6 is 0 Å². The minimum absolute atomic E-state index is 0.000953. The molecule has 2 aliphatic rings. The number of rotatable bonds is 4. The standard InChI is InChI=1S/C29H29F2N3O2/c30-24-11-5-4-10-23(24)29(36)34-20-22(14-15-26(34)21-8-2-1-3-9-21)28(35)33-18-16-32(17-19-33)27-13-7-6-12-25(27)31/h1-13,22,26H,14-20H2. The lowest BCUT2D eigenvalue weighted by Crippen LogP contribution is -2.53. The highest BCUT2D eigenvalue weighted by atomic mass is 19.1. The van der Waals surface area contributed by atoms with Crippen LogP contribution in [0.3, 0.4) is 0 Å². The molecule has 2 amide bonds. The number of nitrogens with zero attached hydrogens (tertiary/aromatic N) is 3. The molecular weight excluding hydrogens is 460 g/mol. The molecule has 2 fully saturated rings. The van der Waals surface area contributed by atoms with Gasteiger partial charge in [0.1, 0.15) is 11.6 Å². The van der Waals surface area contributed by atoms with Crippen LogP contribution in [0, 0.1) is 17.6 Å². The maximum atomic E-state index is 14.5. The number of halogens is 2. The Bertz CT molecular complexity index is 1230. The number of anilines is 1. The van der Waals surface area contributed by atoms with Gasteiger partial charge in [-0.1, -0.05) is 54.6 Å². The molecule has 2 unspecified atom stereocenters. The highest BCUT2D eigenvalue weighted by molar-refractivity contribution is 5.95. The van der Waals surface area contributed by atoms with Gasteiger partial charge in [0.15, 0.2) is 0 Å². The Labute approximate surface area is 209 Å². The van der Waals surface area contributed by atoms with Crippen molar-refractivity contribution in [1.82, 2.24) is 9.80 Å². The zero-order valence-electron chi connectivity index (χ0n) is 20.0. The quantitative estimate of drug-likeness (QED) is 0.523. The highest BCUT2D eigenvalue weighted by Crippen LogP contribution is 2.36. The fraction of sp³-hybridized carbons (Fsp3) is 0.310. The molecule has 0 bridgehead atoms. The second-order valence-corrected chi connectivity index (χ2v) is 9.40. The first-order chi connectivity index (χ1) is 17.5. The SMILES string of the molecule is O=C(C1CCC(c2ccccc2)N(C(=O)c2ccccc2F)C1)N1CCN(c2ccccc2F)CC1. The van der Waals surface area contributed by atoms with Gasteiger partial charge in [-0.15, -0.1) is 0 Å². The van der Waals surface area contributed by atoms with Gasteiger partial charge < -0.3 is 14.7 Å². The molecule has 2 aliphatic heterocycles. The van der Waals surface area contributed by atoms with Crippen LogP contribution in [0.4, 0.5) is 14.5 Å². The van der Waals surface area contributed by atoms with E-state index in [1.54, 1.807) is 29.2 Å². The van der Waals surface area contributed by atoms with E-state index < -0.39 is 11.7 Å². The molecule has 186 valence electrons. The summed E-state index contributed by atoms with van der Waals surface area (Å²) in [6.45, 7) is 2.31. The van der Waals surface area contributed by atoms with Crippen molar-refractivity contribution in [2.75, 3.05) is 37.6 Å². The van der Waals surface area contributed by atoms with Crippen LogP contribution < -0.4 is 4.90 Å². The normalized spacial score (nSPS) is 20.3. The minimum Gasteiger partial charge on any atom is -0.366 e. The van der Waals surface area contributed by atoms with Gasteiger partial charge in [0, 0.05) is 32.7 Å². The van der Waals surface area contributed by atoms with E-state index in [9.17, 15) is 18.4 Å². The van der Waals surface area contributed by atoms with Crippen molar-refractivity contribution in [3.8, 4) is 0 Å². The van der Waals surface area contributed by atoms with Crippen molar-refractivity contribution in [2.24, 2.45) is 5.92 Å². The smallest absolute Gasteiger partial charge is 0.257 e. The Hall–Kier alpha value is -3.74. The zero-order valence-corrected chi connectivity index (χ0v) is 20.0. The van der Waals surface area contributed by atoms with Crippen LogP contribution in [-0.2, 0) is 4.79 Å². The largest absolute Gasteiger partial charge is 0.366 e. The molecule has 2 atom stereocenters. The van der Waals surface area contributed by atoms with E-state index in [1.807, 2.05) is 46.2 Å². The molecule has 3 aromatic rings. The maximum absolute atomic E-state index is 14.5. The van der Waals surface area contributed by atoms with Crippen molar-refractivity contribution in [1.29, 1.82) is 0 Å². The van der Waals surface area contributed by atoms with E-state index >= 15 is 0 Å². The zero-order chi connectivity index (χ0) is 25.1. The average Bonchev–Trinajstić information content (AvgIpc) is 2.93. The molecule has 0 aliphatic carbocycles. The molecule has 0 aromatic heterocycles. The molecule has 2 heterocycles. The number of para-hydroxylation sites is 1. The maximum Gasteiger partial charge on any atom is 0.257 e. The van der Waals surface area contributed by atoms with E-state index in [0.717, 1.165) is 5.56 Å². The third kappa shape index (κ3) is 4.83. The predicted octanol–water partition coefficient (Wildman–Crippen LogP) is 4.91. The number of likely N-dealkylation sites (tertiary alicyclic amines) is 1. The lowest BCUT2D eigenvalue weighted by Gasteiger charge is -2.42. The van der Waals surface area contributed by atoms with Crippen molar-refractivity contribution in [3.05, 3.63) is 102 Å². The van der Waals surface area contributed by atoms with E-state index in [2.05, 4.69) is 0 Å². The number of benzene rings is 3. The van der Waals surface area contributed by atoms with Crippen LogP contribution in [-0.4, -0.2) is 54.3 Å². The van der Waals surface area contributed by atoms with E-state index in [0.29, 0.717) is 44.7 Å². The third-order valence-electron chi connectivity index (χ3n) is 7.27. The molecule has 36 heavy (non-hydrogen) atoms. The Morgan fingerprint density at radius 2 is 1.36 bits per heavy atom. The number of amides is 2. The molecule has 0 radical (unpaired) electrons. The molecule has 5 nitrogen and oxygen atoms in total. The molecule has 0 saturated carbocycles. The molecule has 3 aromatic carbocycles. The second kappa shape index (κ2) is 10.5. The summed E-state index contributed by atoms with van der Waals surface area (Å²) in [5.41, 5.74) is 1.55. The van der Waals surface area contributed by atoms with Crippen molar-refractivity contribution in [2.45, 2.75) is 18.9 Å². The van der Waals surface area contributed by atoms with Crippen LogP contribution in [0.15, 0.2) is 78.9 Å². The Kier molecular flexibility index (Phi) is 6.98. The Morgan fingerprint density at radius 1 is 0.722 bits per heavy atom. The van der Waals surface area contributed by atoms with Gasteiger partial charge in [-0.25, -0.2) is 8.78 Å². The van der Waals surface area contributed by atoms with Gasteiger partial charge in [0.25, 0.3) is 5.91 Å². The van der Waals surface area contributed by atoms with Gasteiger partial charge in [-0.05, 0) is 42.7 Å². The molecule has 2 saturated heterocycles. The molecular formula is C29H29F2N3O2. The summed E-state index contributed by atoms with van der Waals surface area (Å²) in [7, 11) is 0. The summed E-state index contributed by atoms with van der Waals surface area (Å²) in [6.07, 6.45) is 1.27. The summed E-state index contributed by atoms with van der Waals surface area (Å²) in [4.78, 5) is 32.4. The molecule has 0 N–H and O–H groups in total. The summed E-state index contributed by atoms with van der Waals surface area (Å²) in [5.74, 6) is -1.59. The highest BCUT2D eigenvalue weighted by Gasteiger charge is 2.38. The number of hydrogen-bond donors (Lipinski definition) is 0. The topological polar surface area (TPSA) is 43.9 Å². The number of piperazine rings is 1. The fourth-order valence-corrected chi connectivity index (χ4v) is 5.34. The van der Waals surface area contributed by atoms with Crippen LogP contribution in [0.2, 0.25) is 0 Å². The predicted molar refractivity (Wildman–Crippen MR) is 135 cm³/mol. The monoisotopic (exact) mass is 489 g/mol. The molecule has 0 spiro atoms. The summed E-state index contributed by atoms with van der Waals surface area (Å²) in [6, 6.07) is 22.1.